The van der Waals surface area contributed by atoms with Crippen LogP contribution in [0.25, 0.3) is 0 Å². The lowest BCUT2D eigenvalue weighted by molar-refractivity contribution is -0.872. The van der Waals surface area contributed by atoms with Gasteiger partial charge in [0, 0.05) is 17.1 Å². The lowest BCUT2D eigenvalue weighted by Gasteiger charge is -2.13. The van der Waals surface area contributed by atoms with Crippen molar-refractivity contribution >= 4 is 17.5 Å². The summed E-state index contributed by atoms with van der Waals surface area (Å²) in [6, 6.07) is 11.9. The number of hydrogen-bond donors (Lipinski definition) is 2. The van der Waals surface area contributed by atoms with Crippen LogP contribution in [-0.2, 0) is 13.1 Å². The molecule has 0 aliphatic heterocycles. The Bertz CT molecular complexity index is 673. The summed E-state index contributed by atoms with van der Waals surface area (Å²) < 4.78 is 13.7. The van der Waals surface area contributed by atoms with Gasteiger partial charge in [-0.25, -0.2) is 4.39 Å². The van der Waals surface area contributed by atoms with Gasteiger partial charge < -0.3 is 10.2 Å². The van der Waals surface area contributed by atoms with Crippen LogP contribution in [0, 0.1) is 5.82 Å². The van der Waals surface area contributed by atoms with Crippen LogP contribution in [0.2, 0.25) is 5.02 Å². The van der Waals surface area contributed by atoms with Crippen molar-refractivity contribution in [2.24, 2.45) is 0 Å². The molecule has 0 saturated heterocycles. The maximum absolute atomic E-state index is 13.7. The highest BCUT2D eigenvalue weighted by Crippen LogP contribution is 2.15. The van der Waals surface area contributed by atoms with Crippen LogP contribution >= 0.6 is 11.6 Å². The standard InChI is InChI=1S/C17H18ClFN2O/c1-21(2)11-13-6-4-3-5-12(13)10-20-17(22)15-8-7-14(18)9-16(15)19/h3-9H,10-11H2,1-2H3,(H,20,22)/p+1. The van der Waals surface area contributed by atoms with E-state index in [4.69, 9.17) is 11.6 Å². The van der Waals surface area contributed by atoms with Crippen molar-refractivity contribution in [2.75, 3.05) is 14.1 Å². The van der Waals surface area contributed by atoms with Crippen molar-refractivity contribution in [1.82, 2.24) is 5.32 Å². The minimum absolute atomic E-state index is 0.000107. The van der Waals surface area contributed by atoms with Gasteiger partial charge in [0.2, 0.25) is 0 Å². The molecule has 2 N–H and O–H groups in total. The monoisotopic (exact) mass is 321 g/mol. The molecule has 2 aromatic rings. The number of hydrogen-bond acceptors (Lipinski definition) is 1. The number of rotatable bonds is 5. The van der Waals surface area contributed by atoms with Gasteiger partial charge >= 0.3 is 0 Å². The van der Waals surface area contributed by atoms with Crippen LogP contribution in [0.15, 0.2) is 42.5 Å². The fourth-order valence-corrected chi connectivity index (χ4v) is 2.39. The van der Waals surface area contributed by atoms with E-state index < -0.39 is 11.7 Å². The second kappa shape index (κ2) is 7.38. The lowest BCUT2D eigenvalue weighted by atomic mass is 10.1. The van der Waals surface area contributed by atoms with E-state index in [9.17, 15) is 9.18 Å². The van der Waals surface area contributed by atoms with E-state index in [2.05, 4.69) is 19.4 Å². The van der Waals surface area contributed by atoms with Crippen molar-refractivity contribution in [3.05, 3.63) is 70.0 Å². The Morgan fingerprint density at radius 3 is 2.50 bits per heavy atom. The van der Waals surface area contributed by atoms with Gasteiger partial charge in [-0.2, -0.15) is 0 Å². The van der Waals surface area contributed by atoms with Gasteiger partial charge in [0.1, 0.15) is 12.4 Å². The zero-order chi connectivity index (χ0) is 16.1. The molecule has 0 atom stereocenters. The fourth-order valence-electron chi connectivity index (χ4n) is 2.23. The smallest absolute Gasteiger partial charge is 0.254 e. The molecule has 0 spiro atoms. The number of quaternary nitrogens is 1. The quantitative estimate of drug-likeness (QED) is 0.868. The molecule has 116 valence electrons. The van der Waals surface area contributed by atoms with Gasteiger partial charge in [0.15, 0.2) is 0 Å². The zero-order valence-electron chi connectivity index (χ0n) is 12.6. The summed E-state index contributed by atoms with van der Waals surface area (Å²) in [5.41, 5.74) is 2.20. The van der Waals surface area contributed by atoms with Crippen LogP contribution < -0.4 is 10.2 Å². The van der Waals surface area contributed by atoms with Crippen LogP contribution in [-0.4, -0.2) is 20.0 Å². The summed E-state index contributed by atoms with van der Waals surface area (Å²) in [5.74, 6) is -1.06. The van der Waals surface area contributed by atoms with Crippen LogP contribution in [0.3, 0.4) is 0 Å². The van der Waals surface area contributed by atoms with Crippen LogP contribution in [0.5, 0.6) is 0 Å². The maximum atomic E-state index is 13.7. The summed E-state index contributed by atoms with van der Waals surface area (Å²) in [7, 11) is 4.14. The zero-order valence-corrected chi connectivity index (χ0v) is 13.4. The highest BCUT2D eigenvalue weighted by Gasteiger charge is 2.13. The summed E-state index contributed by atoms with van der Waals surface area (Å²) in [6.07, 6.45) is 0. The Morgan fingerprint density at radius 1 is 1.18 bits per heavy atom. The number of halogens is 2. The molecule has 0 unspecified atom stereocenters. The predicted octanol–water partition coefficient (Wildman–Crippen LogP) is 2.05. The average Bonchev–Trinajstić information content (AvgIpc) is 2.45. The SMILES string of the molecule is C[NH+](C)Cc1ccccc1CNC(=O)c1ccc(Cl)cc1F. The predicted molar refractivity (Wildman–Crippen MR) is 85.5 cm³/mol. The van der Waals surface area contributed by atoms with E-state index in [-0.39, 0.29) is 10.6 Å². The molecule has 2 rings (SSSR count). The van der Waals surface area contributed by atoms with E-state index in [0.29, 0.717) is 6.54 Å². The van der Waals surface area contributed by atoms with E-state index in [1.807, 2.05) is 24.3 Å². The largest absolute Gasteiger partial charge is 0.348 e. The second-order valence-corrected chi connectivity index (χ2v) is 5.90. The third-order valence-electron chi connectivity index (χ3n) is 3.28. The van der Waals surface area contributed by atoms with E-state index in [1.54, 1.807) is 0 Å². The molecule has 0 heterocycles. The van der Waals surface area contributed by atoms with E-state index in [1.165, 1.54) is 22.6 Å². The summed E-state index contributed by atoms with van der Waals surface area (Å²) in [5, 5.41) is 3.03. The fraction of sp³-hybridized carbons (Fsp3) is 0.235. The van der Waals surface area contributed by atoms with Gasteiger partial charge in [-0.3, -0.25) is 4.79 Å². The molecule has 0 bridgehead atoms. The third-order valence-corrected chi connectivity index (χ3v) is 3.51. The Kier molecular flexibility index (Phi) is 5.52. The minimum atomic E-state index is -0.615. The van der Waals surface area contributed by atoms with Gasteiger partial charge in [-0.15, -0.1) is 0 Å². The Morgan fingerprint density at radius 2 is 1.86 bits per heavy atom. The first kappa shape index (κ1) is 16.5. The second-order valence-electron chi connectivity index (χ2n) is 5.46. The van der Waals surface area contributed by atoms with E-state index in [0.717, 1.165) is 18.2 Å². The number of amides is 1. The third kappa shape index (κ3) is 4.29. The van der Waals surface area contributed by atoms with Gasteiger partial charge in [-0.05, 0) is 23.8 Å². The highest BCUT2D eigenvalue weighted by atomic mass is 35.5. The molecule has 0 aliphatic carbocycles. The summed E-state index contributed by atoms with van der Waals surface area (Å²) in [4.78, 5) is 13.4. The van der Waals surface area contributed by atoms with Crippen molar-refractivity contribution in [2.45, 2.75) is 13.1 Å². The summed E-state index contributed by atoms with van der Waals surface area (Å²) in [6.45, 7) is 1.23. The van der Waals surface area contributed by atoms with Crippen molar-refractivity contribution in [3.8, 4) is 0 Å². The van der Waals surface area contributed by atoms with E-state index >= 15 is 0 Å². The number of carbonyl (C=O) groups is 1. The first-order valence-electron chi connectivity index (χ1n) is 7.06. The summed E-state index contributed by atoms with van der Waals surface area (Å²) >= 11 is 5.69. The molecular weight excluding hydrogens is 303 g/mol. The van der Waals surface area contributed by atoms with Gasteiger partial charge in [-0.1, -0.05) is 35.9 Å². The molecule has 5 heteroatoms. The number of benzene rings is 2. The normalized spacial score (nSPS) is 10.8. The Labute approximate surface area is 134 Å². The molecule has 0 fully saturated rings. The molecule has 1 amide bonds. The molecule has 0 radical (unpaired) electrons. The molecule has 3 nitrogen and oxygen atoms in total. The molecule has 0 saturated carbocycles. The first-order chi connectivity index (χ1) is 10.5. The Balaban J connectivity index is 2.08. The molecular formula is C17H19ClFN2O+. The van der Waals surface area contributed by atoms with Gasteiger partial charge in [0.25, 0.3) is 5.91 Å². The minimum Gasteiger partial charge on any atom is -0.348 e. The van der Waals surface area contributed by atoms with Crippen molar-refractivity contribution in [3.63, 3.8) is 0 Å². The molecule has 22 heavy (non-hydrogen) atoms. The number of carbonyl (C=O) groups excluding carboxylic acids is 1. The highest BCUT2D eigenvalue weighted by molar-refractivity contribution is 6.30. The van der Waals surface area contributed by atoms with Crippen LogP contribution in [0.4, 0.5) is 4.39 Å². The van der Waals surface area contributed by atoms with Crippen molar-refractivity contribution < 1.29 is 14.1 Å². The van der Waals surface area contributed by atoms with Crippen LogP contribution in [0.1, 0.15) is 21.5 Å². The number of nitrogens with one attached hydrogen (secondary N) is 2. The first-order valence-corrected chi connectivity index (χ1v) is 7.44. The van der Waals surface area contributed by atoms with Gasteiger partial charge in [0.05, 0.1) is 19.7 Å². The van der Waals surface area contributed by atoms with Crippen molar-refractivity contribution in [1.29, 1.82) is 0 Å². The lowest BCUT2D eigenvalue weighted by Crippen LogP contribution is -3.04. The topological polar surface area (TPSA) is 33.5 Å². The maximum Gasteiger partial charge on any atom is 0.254 e. The molecule has 0 aromatic heterocycles. The Hall–Kier alpha value is -1.91. The molecule has 0 aliphatic rings. The average molecular weight is 322 g/mol. The molecule has 2 aromatic carbocycles.